The van der Waals surface area contributed by atoms with Gasteiger partial charge in [0.1, 0.15) is 23.4 Å². The summed E-state index contributed by atoms with van der Waals surface area (Å²) in [7, 11) is 2.09. The lowest BCUT2D eigenvalue weighted by Crippen LogP contribution is -2.25. The topological polar surface area (TPSA) is 125 Å². The predicted octanol–water partition coefficient (Wildman–Crippen LogP) is 6.01. The van der Waals surface area contributed by atoms with Gasteiger partial charge in [-0.05, 0) is 68.4 Å². The number of benzene rings is 3. The molecule has 3 aromatic rings. The van der Waals surface area contributed by atoms with Gasteiger partial charge < -0.3 is 29.9 Å². The summed E-state index contributed by atoms with van der Waals surface area (Å²) < 4.78 is 11.6. The van der Waals surface area contributed by atoms with Crippen LogP contribution in [0.2, 0.25) is 5.02 Å². The second-order valence-corrected chi connectivity index (χ2v) is 10.8. The monoisotopic (exact) mass is 612 g/mol. The minimum absolute atomic E-state index is 0.0127. The maximum absolute atomic E-state index is 12.5. The van der Waals surface area contributed by atoms with E-state index in [2.05, 4.69) is 17.3 Å². The van der Waals surface area contributed by atoms with Gasteiger partial charge >= 0.3 is 11.9 Å². The number of thioether (sulfide) groups is 1. The summed E-state index contributed by atoms with van der Waals surface area (Å²) in [5.41, 5.74) is 1.86. The van der Waals surface area contributed by atoms with Crippen molar-refractivity contribution in [1.82, 2.24) is 4.90 Å². The van der Waals surface area contributed by atoms with Gasteiger partial charge in [0.15, 0.2) is 0 Å². The summed E-state index contributed by atoms with van der Waals surface area (Å²) in [5, 5.41) is 19.0. The Morgan fingerprint density at radius 3 is 2.26 bits per heavy atom. The molecule has 1 atom stereocenters. The van der Waals surface area contributed by atoms with Crippen LogP contribution < -0.4 is 14.8 Å². The van der Waals surface area contributed by atoms with Crippen LogP contribution in [0.25, 0.3) is 0 Å². The number of anilines is 1. The van der Waals surface area contributed by atoms with E-state index in [4.69, 9.17) is 31.3 Å². The maximum Gasteiger partial charge on any atom is 0.328 e. The first-order valence-corrected chi connectivity index (χ1v) is 14.5. The average Bonchev–Trinajstić information content (AvgIpc) is 2.97. The lowest BCUT2D eigenvalue weighted by Gasteiger charge is -2.24. The normalized spacial score (nSPS) is 14.0. The second kappa shape index (κ2) is 17.1. The summed E-state index contributed by atoms with van der Waals surface area (Å²) in [4.78, 5) is 35.0. The van der Waals surface area contributed by atoms with E-state index in [1.807, 2.05) is 72.8 Å². The van der Waals surface area contributed by atoms with E-state index in [9.17, 15) is 14.4 Å². The SMILES string of the molecule is CN(CCCCOc1ccc(C2Sc3ccccc3NC2=O)cc1)CCOc1ccccc1Cl.O=C(O)C=CC(=O)O. The zero-order valence-corrected chi connectivity index (χ0v) is 24.6. The molecule has 11 heteroatoms. The minimum Gasteiger partial charge on any atom is -0.494 e. The Bertz CT molecular complexity index is 1350. The molecule has 1 aliphatic heterocycles. The molecular weight excluding hydrogens is 580 g/mol. The van der Waals surface area contributed by atoms with Crippen molar-refractivity contribution in [2.75, 3.05) is 38.7 Å². The largest absolute Gasteiger partial charge is 0.494 e. The number of aliphatic carboxylic acids is 2. The summed E-state index contributed by atoms with van der Waals surface area (Å²) in [6.07, 6.45) is 3.12. The van der Waals surface area contributed by atoms with Crippen LogP contribution in [-0.2, 0) is 14.4 Å². The van der Waals surface area contributed by atoms with Crippen molar-refractivity contribution in [2.45, 2.75) is 23.0 Å². The van der Waals surface area contributed by atoms with E-state index in [1.54, 1.807) is 11.8 Å². The third kappa shape index (κ3) is 11.1. The average molecular weight is 613 g/mol. The Kier molecular flexibility index (Phi) is 13.2. The third-order valence-electron chi connectivity index (χ3n) is 5.95. The molecular formula is C31H33ClN2O7S. The quantitative estimate of drug-likeness (QED) is 0.157. The number of fused-ring (bicyclic) bond motifs is 1. The summed E-state index contributed by atoms with van der Waals surface area (Å²) in [6.45, 7) is 3.08. The highest BCUT2D eigenvalue weighted by molar-refractivity contribution is 8.00. The molecule has 0 spiro atoms. The number of likely N-dealkylation sites (N-methyl/N-ethyl adjacent to an activating group) is 1. The number of ether oxygens (including phenoxy) is 2. The molecule has 42 heavy (non-hydrogen) atoms. The summed E-state index contributed by atoms with van der Waals surface area (Å²) in [6, 6.07) is 23.3. The van der Waals surface area contributed by atoms with Gasteiger partial charge in [0.2, 0.25) is 5.91 Å². The number of carboxylic acid groups (broad SMARTS) is 2. The van der Waals surface area contributed by atoms with Crippen LogP contribution in [0.5, 0.6) is 11.5 Å². The van der Waals surface area contributed by atoms with Crippen molar-refractivity contribution in [1.29, 1.82) is 0 Å². The molecule has 1 amide bonds. The third-order valence-corrected chi connectivity index (χ3v) is 7.59. The number of hydrogen-bond donors (Lipinski definition) is 3. The predicted molar refractivity (Wildman–Crippen MR) is 164 cm³/mol. The molecule has 0 aliphatic carbocycles. The Morgan fingerprint density at radius 2 is 1.57 bits per heavy atom. The Labute approximate surface area is 254 Å². The first kappa shape index (κ1) is 32.5. The maximum atomic E-state index is 12.5. The van der Waals surface area contributed by atoms with Crippen molar-refractivity contribution in [3.8, 4) is 11.5 Å². The molecule has 3 N–H and O–H groups in total. The Balaban J connectivity index is 0.000000531. The molecule has 0 bridgehead atoms. The molecule has 0 saturated carbocycles. The summed E-state index contributed by atoms with van der Waals surface area (Å²) in [5.74, 6) is -0.949. The molecule has 1 heterocycles. The Morgan fingerprint density at radius 1 is 0.905 bits per heavy atom. The first-order chi connectivity index (χ1) is 20.2. The van der Waals surface area contributed by atoms with E-state index in [1.165, 1.54) is 0 Å². The molecule has 1 aliphatic rings. The molecule has 1 unspecified atom stereocenters. The zero-order valence-electron chi connectivity index (χ0n) is 23.1. The van der Waals surface area contributed by atoms with Gasteiger partial charge in [0, 0.05) is 23.6 Å². The number of nitrogens with zero attached hydrogens (tertiary/aromatic N) is 1. The number of halogens is 1. The zero-order chi connectivity index (χ0) is 30.3. The number of carboxylic acids is 2. The second-order valence-electron chi connectivity index (χ2n) is 9.20. The van der Waals surface area contributed by atoms with Gasteiger partial charge in [0.25, 0.3) is 0 Å². The minimum atomic E-state index is -1.26. The number of amides is 1. The highest BCUT2D eigenvalue weighted by Gasteiger charge is 2.28. The van der Waals surface area contributed by atoms with E-state index in [-0.39, 0.29) is 11.2 Å². The molecule has 0 aromatic heterocycles. The van der Waals surface area contributed by atoms with E-state index >= 15 is 0 Å². The number of nitrogens with one attached hydrogen (secondary N) is 1. The van der Waals surface area contributed by atoms with Crippen molar-refractivity contribution in [3.05, 3.63) is 95.5 Å². The van der Waals surface area contributed by atoms with Crippen LogP contribution in [0.15, 0.2) is 89.8 Å². The number of hydrogen-bond acceptors (Lipinski definition) is 7. The summed E-state index contributed by atoms with van der Waals surface area (Å²) >= 11 is 7.69. The highest BCUT2D eigenvalue weighted by atomic mass is 35.5. The van der Waals surface area contributed by atoms with Crippen LogP contribution in [0.3, 0.4) is 0 Å². The lowest BCUT2D eigenvalue weighted by atomic mass is 10.1. The smallest absolute Gasteiger partial charge is 0.328 e. The number of para-hydroxylation sites is 2. The van der Waals surface area contributed by atoms with Gasteiger partial charge in [-0.3, -0.25) is 4.79 Å². The van der Waals surface area contributed by atoms with E-state index < -0.39 is 11.9 Å². The fourth-order valence-corrected chi connectivity index (χ4v) is 5.12. The van der Waals surface area contributed by atoms with Crippen LogP contribution in [-0.4, -0.2) is 66.3 Å². The standard InChI is InChI=1S/C27H29ClN2O3S.C4H4O4/c1-30(17-19-33-24-10-4-2-8-22(24)28)16-6-7-18-32-21-14-12-20(13-15-21)26-27(31)29-23-9-3-5-11-25(23)34-26;5-3(6)1-2-4(7)8/h2-5,8-15,26H,6-7,16-19H2,1H3,(H,29,31);1-2H,(H,5,6)(H,7,8). The van der Waals surface area contributed by atoms with Crippen LogP contribution in [0.1, 0.15) is 23.7 Å². The fourth-order valence-electron chi connectivity index (χ4n) is 3.81. The van der Waals surface area contributed by atoms with Gasteiger partial charge in [-0.2, -0.15) is 0 Å². The molecule has 0 saturated heterocycles. The van der Waals surface area contributed by atoms with Crippen LogP contribution >= 0.6 is 23.4 Å². The molecule has 3 aromatic carbocycles. The molecule has 9 nitrogen and oxygen atoms in total. The number of rotatable bonds is 13. The van der Waals surface area contributed by atoms with Gasteiger partial charge in [-0.25, -0.2) is 9.59 Å². The van der Waals surface area contributed by atoms with Gasteiger partial charge in [-0.1, -0.05) is 48.0 Å². The van der Waals surface area contributed by atoms with E-state index in [0.29, 0.717) is 30.4 Å². The van der Waals surface area contributed by atoms with Crippen LogP contribution in [0.4, 0.5) is 5.69 Å². The molecule has 222 valence electrons. The van der Waals surface area contributed by atoms with Crippen molar-refractivity contribution >= 4 is 46.9 Å². The Hall–Kier alpha value is -3.99. The van der Waals surface area contributed by atoms with Crippen molar-refractivity contribution in [3.63, 3.8) is 0 Å². The first-order valence-electron chi connectivity index (χ1n) is 13.2. The number of carbonyl (C=O) groups excluding carboxylic acids is 1. The van der Waals surface area contributed by atoms with Crippen molar-refractivity contribution in [2.24, 2.45) is 0 Å². The highest BCUT2D eigenvalue weighted by Crippen LogP contribution is 2.43. The van der Waals surface area contributed by atoms with Crippen LogP contribution in [0, 0.1) is 0 Å². The van der Waals surface area contributed by atoms with E-state index in [0.717, 1.165) is 53.6 Å². The van der Waals surface area contributed by atoms with Crippen molar-refractivity contribution < 1.29 is 34.1 Å². The molecule has 0 fully saturated rings. The van der Waals surface area contributed by atoms with Gasteiger partial charge in [-0.15, -0.1) is 11.8 Å². The molecule has 4 rings (SSSR count). The number of unbranched alkanes of at least 4 members (excludes halogenated alkanes) is 1. The fraction of sp³-hybridized carbons (Fsp3) is 0.258. The lowest BCUT2D eigenvalue weighted by molar-refractivity contribution is -0.134. The number of carbonyl (C=O) groups is 3. The molecule has 0 radical (unpaired) electrons. The van der Waals surface area contributed by atoms with Gasteiger partial charge in [0.05, 0.1) is 17.3 Å².